The molecule has 3 rings (SSSR count). The molecule has 0 saturated carbocycles. The Morgan fingerprint density at radius 3 is 2.59 bits per heavy atom. The van der Waals surface area contributed by atoms with Crippen LogP contribution >= 0.6 is 11.8 Å². The van der Waals surface area contributed by atoms with Crippen molar-refractivity contribution in [3.63, 3.8) is 0 Å². The van der Waals surface area contributed by atoms with Crippen LogP contribution in [0.25, 0.3) is 0 Å². The van der Waals surface area contributed by atoms with E-state index in [0.717, 1.165) is 34.7 Å². The van der Waals surface area contributed by atoms with E-state index in [1.165, 1.54) is 18.2 Å². The van der Waals surface area contributed by atoms with E-state index in [4.69, 9.17) is 4.74 Å². The van der Waals surface area contributed by atoms with Crippen LogP contribution in [0.1, 0.15) is 35.5 Å². The average molecular weight is 465 g/mol. The van der Waals surface area contributed by atoms with Gasteiger partial charge in [-0.05, 0) is 50.1 Å². The number of nitrogens with zero attached hydrogens (tertiary/aromatic N) is 3. The minimum atomic E-state index is -4.55. The Bertz CT molecular complexity index is 1110. The van der Waals surface area contributed by atoms with E-state index in [2.05, 4.69) is 15.5 Å². The molecule has 32 heavy (non-hydrogen) atoms. The number of aryl methyl sites for hydroxylation is 1. The summed E-state index contributed by atoms with van der Waals surface area (Å²) in [6, 6.07) is 10.7. The van der Waals surface area contributed by atoms with Crippen LogP contribution in [0.4, 0.5) is 18.9 Å². The lowest BCUT2D eigenvalue weighted by Gasteiger charge is -2.17. The fourth-order valence-electron chi connectivity index (χ4n) is 3.06. The zero-order chi connectivity index (χ0) is 23.5. The minimum absolute atomic E-state index is 0.121. The Hall–Kier alpha value is -3.01. The molecule has 0 aliphatic rings. The highest BCUT2D eigenvalue weighted by atomic mass is 32.2. The number of carbonyl (C=O) groups is 1. The Morgan fingerprint density at radius 2 is 1.88 bits per heavy atom. The first kappa shape index (κ1) is 23.6. The van der Waals surface area contributed by atoms with Crippen LogP contribution in [0.5, 0.6) is 5.75 Å². The Labute approximate surface area is 188 Å². The third-order valence-corrected chi connectivity index (χ3v) is 5.95. The Balaban J connectivity index is 1.64. The van der Waals surface area contributed by atoms with Gasteiger partial charge in [0.25, 0.3) is 0 Å². The van der Waals surface area contributed by atoms with Crippen molar-refractivity contribution >= 4 is 23.4 Å². The molecule has 1 amide bonds. The van der Waals surface area contributed by atoms with Crippen molar-refractivity contribution in [3.05, 3.63) is 65.0 Å². The van der Waals surface area contributed by atoms with E-state index in [-0.39, 0.29) is 11.4 Å². The fraction of sp³-hybridized carbons (Fsp3) is 0.318. The lowest BCUT2D eigenvalue weighted by Crippen LogP contribution is -2.18. The second kappa shape index (κ2) is 9.64. The lowest BCUT2D eigenvalue weighted by molar-refractivity contribution is -0.137. The third kappa shape index (κ3) is 5.42. The summed E-state index contributed by atoms with van der Waals surface area (Å²) in [5.74, 6) is 0.620. The standard InChI is InChI=1S/C22H23F3N4O2S/c1-13-8-7-11-18(14(13)2)31-15(3)20-27-28-21(29(20)4)32-12-19(30)26-17-10-6-5-9-16(17)22(23,24)25/h5-11,15H,12H2,1-4H3,(H,26,30). The summed E-state index contributed by atoms with van der Waals surface area (Å²) in [5.41, 5.74) is 0.977. The molecule has 0 radical (unpaired) electrons. The number of ether oxygens (including phenoxy) is 1. The normalized spacial score (nSPS) is 12.5. The van der Waals surface area contributed by atoms with E-state index in [1.807, 2.05) is 39.0 Å². The number of halogens is 3. The van der Waals surface area contributed by atoms with Gasteiger partial charge in [-0.25, -0.2) is 0 Å². The highest BCUT2D eigenvalue weighted by molar-refractivity contribution is 7.99. The second-order valence-electron chi connectivity index (χ2n) is 7.24. The summed E-state index contributed by atoms with van der Waals surface area (Å²) in [6.45, 7) is 5.83. The van der Waals surface area contributed by atoms with Gasteiger partial charge in [0.05, 0.1) is 17.0 Å². The molecule has 0 spiro atoms. The van der Waals surface area contributed by atoms with Crippen molar-refractivity contribution in [1.82, 2.24) is 14.8 Å². The van der Waals surface area contributed by atoms with Gasteiger partial charge < -0.3 is 14.6 Å². The maximum absolute atomic E-state index is 13.1. The van der Waals surface area contributed by atoms with Crippen LogP contribution in [0.3, 0.4) is 0 Å². The third-order valence-electron chi connectivity index (χ3n) is 4.93. The molecule has 1 heterocycles. The first-order chi connectivity index (χ1) is 15.1. The second-order valence-corrected chi connectivity index (χ2v) is 8.18. The molecule has 3 aromatic rings. The number of aromatic nitrogens is 3. The number of hydrogen-bond acceptors (Lipinski definition) is 5. The molecule has 170 valence electrons. The molecule has 2 aromatic carbocycles. The van der Waals surface area contributed by atoms with Crippen molar-refractivity contribution in [2.75, 3.05) is 11.1 Å². The van der Waals surface area contributed by atoms with E-state index in [1.54, 1.807) is 11.6 Å². The minimum Gasteiger partial charge on any atom is -0.482 e. The summed E-state index contributed by atoms with van der Waals surface area (Å²) < 4.78 is 47.0. The number of hydrogen-bond donors (Lipinski definition) is 1. The first-order valence-electron chi connectivity index (χ1n) is 9.79. The maximum atomic E-state index is 13.1. The zero-order valence-electron chi connectivity index (χ0n) is 18.0. The largest absolute Gasteiger partial charge is 0.482 e. The van der Waals surface area contributed by atoms with E-state index in [0.29, 0.717) is 11.0 Å². The van der Waals surface area contributed by atoms with Crippen molar-refractivity contribution < 1.29 is 22.7 Å². The lowest BCUT2D eigenvalue weighted by atomic mass is 10.1. The summed E-state index contributed by atoms with van der Waals surface area (Å²) in [6.07, 6.45) is -4.95. The summed E-state index contributed by atoms with van der Waals surface area (Å²) in [7, 11) is 1.75. The van der Waals surface area contributed by atoms with Crippen molar-refractivity contribution in [1.29, 1.82) is 0 Å². The first-order valence-corrected chi connectivity index (χ1v) is 10.8. The number of amides is 1. The predicted octanol–water partition coefficient (Wildman–Crippen LogP) is 5.32. The molecule has 1 aromatic heterocycles. The summed E-state index contributed by atoms with van der Waals surface area (Å²) in [5, 5.41) is 11.0. The number of para-hydroxylation sites is 1. The molecule has 0 aliphatic heterocycles. The molecule has 0 saturated heterocycles. The van der Waals surface area contributed by atoms with E-state index >= 15 is 0 Å². The molecule has 1 atom stereocenters. The Morgan fingerprint density at radius 1 is 1.16 bits per heavy atom. The van der Waals surface area contributed by atoms with Crippen LogP contribution in [-0.2, 0) is 18.0 Å². The number of nitrogens with one attached hydrogen (secondary N) is 1. The molecule has 0 aliphatic carbocycles. The van der Waals surface area contributed by atoms with Crippen LogP contribution < -0.4 is 10.1 Å². The van der Waals surface area contributed by atoms with Crippen LogP contribution in [0.2, 0.25) is 0 Å². The number of rotatable bonds is 7. The van der Waals surface area contributed by atoms with Gasteiger partial charge in [0.1, 0.15) is 5.75 Å². The van der Waals surface area contributed by atoms with Crippen molar-refractivity contribution in [2.24, 2.45) is 7.05 Å². The predicted molar refractivity (Wildman–Crippen MR) is 117 cm³/mol. The molecular formula is C22H23F3N4O2S. The number of carbonyl (C=O) groups excluding carboxylic acids is 1. The maximum Gasteiger partial charge on any atom is 0.418 e. The number of thioether (sulfide) groups is 1. The van der Waals surface area contributed by atoms with E-state index in [9.17, 15) is 18.0 Å². The molecule has 1 N–H and O–H groups in total. The highest BCUT2D eigenvalue weighted by Gasteiger charge is 2.33. The van der Waals surface area contributed by atoms with Crippen molar-refractivity contribution in [2.45, 2.75) is 38.2 Å². The topological polar surface area (TPSA) is 69.0 Å². The molecule has 1 unspecified atom stereocenters. The van der Waals surface area contributed by atoms with Gasteiger partial charge >= 0.3 is 6.18 Å². The van der Waals surface area contributed by atoms with Gasteiger partial charge in [0.15, 0.2) is 17.1 Å². The smallest absolute Gasteiger partial charge is 0.418 e. The molecule has 10 heteroatoms. The van der Waals surface area contributed by atoms with Gasteiger partial charge in [-0.1, -0.05) is 36.0 Å². The SMILES string of the molecule is Cc1cccc(OC(C)c2nnc(SCC(=O)Nc3ccccc3C(F)(F)F)n2C)c1C. The monoisotopic (exact) mass is 464 g/mol. The molecule has 0 fully saturated rings. The fourth-order valence-corrected chi connectivity index (χ4v) is 3.77. The number of alkyl halides is 3. The van der Waals surface area contributed by atoms with Crippen molar-refractivity contribution in [3.8, 4) is 5.75 Å². The molecular weight excluding hydrogens is 441 g/mol. The van der Waals surface area contributed by atoms with Gasteiger partial charge in [-0.15, -0.1) is 10.2 Å². The van der Waals surface area contributed by atoms with Gasteiger partial charge in [0.2, 0.25) is 5.91 Å². The quantitative estimate of drug-likeness (QED) is 0.479. The zero-order valence-corrected chi connectivity index (χ0v) is 18.8. The number of benzene rings is 2. The summed E-state index contributed by atoms with van der Waals surface area (Å²) in [4.78, 5) is 12.2. The number of anilines is 1. The van der Waals surface area contributed by atoms with Gasteiger partial charge in [-0.3, -0.25) is 4.79 Å². The van der Waals surface area contributed by atoms with Crippen LogP contribution in [-0.4, -0.2) is 26.4 Å². The van der Waals surface area contributed by atoms with Gasteiger partial charge in [0, 0.05) is 7.05 Å². The average Bonchev–Trinajstić information content (AvgIpc) is 3.10. The molecule has 0 bridgehead atoms. The summed E-state index contributed by atoms with van der Waals surface area (Å²) >= 11 is 1.08. The van der Waals surface area contributed by atoms with Gasteiger partial charge in [-0.2, -0.15) is 13.2 Å². The molecule has 6 nitrogen and oxygen atoms in total. The highest BCUT2D eigenvalue weighted by Crippen LogP contribution is 2.34. The van der Waals surface area contributed by atoms with Crippen LogP contribution in [0, 0.1) is 13.8 Å². The van der Waals surface area contributed by atoms with E-state index < -0.39 is 23.8 Å². The Kier molecular flexibility index (Phi) is 7.12. The van der Waals surface area contributed by atoms with Crippen LogP contribution in [0.15, 0.2) is 47.6 Å².